The summed E-state index contributed by atoms with van der Waals surface area (Å²) in [5.74, 6) is -1.58. The summed E-state index contributed by atoms with van der Waals surface area (Å²) < 4.78 is 10.7. The van der Waals surface area contributed by atoms with E-state index in [9.17, 15) is 19.2 Å². The zero-order chi connectivity index (χ0) is 24.1. The summed E-state index contributed by atoms with van der Waals surface area (Å²) in [5.41, 5.74) is -0.385. The van der Waals surface area contributed by atoms with E-state index in [4.69, 9.17) is 9.47 Å². The minimum Gasteiger partial charge on any atom is -0.464 e. The number of nitrogens with one attached hydrogen (secondary N) is 2. The lowest BCUT2D eigenvalue weighted by Gasteiger charge is -2.29. The highest BCUT2D eigenvalue weighted by molar-refractivity contribution is 8.14. The van der Waals surface area contributed by atoms with Crippen molar-refractivity contribution in [3.05, 3.63) is 35.9 Å². The molecule has 0 bridgehead atoms. The smallest absolute Gasteiger partial charge is 0.331 e. The average molecular weight is 467 g/mol. The number of esters is 1. The lowest BCUT2D eigenvalue weighted by Crippen LogP contribution is -2.60. The van der Waals surface area contributed by atoms with Gasteiger partial charge in [0.2, 0.25) is 11.8 Å². The third kappa shape index (κ3) is 9.82. The maximum Gasteiger partial charge on any atom is 0.331 e. The standard InChI is InChI=1S/C23H34N2O6S/c1-6-11-19(32-16(3)26)20(27)25-23(4,5)22(29)24-18(21(28)31-7-2)15-30-14-17-12-9-8-10-13-17/h8-10,12-13,18-19H,6-7,11,14-15H2,1-5H3,(H,24,29)(H,25,27)/t18-,19?/m0/s1. The SMILES string of the molecule is CCCC(SC(C)=O)C(=O)NC(C)(C)C(=O)N[C@@H](COCc1ccccc1)C(=O)OCC. The Labute approximate surface area is 194 Å². The molecule has 0 saturated heterocycles. The maximum absolute atomic E-state index is 12.9. The van der Waals surface area contributed by atoms with E-state index in [1.54, 1.807) is 6.92 Å². The van der Waals surface area contributed by atoms with Crippen molar-refractivity contribution in [2.75, 3.05) is 13.2 Å². The third-order valence-corrected chi connectivity index (χ3v) is 5.49. The topological polar surface area (TPSA) is 111 Å². The van der Waals surface area contributed by atoms with Crippen molar-refractivity contribution >= 4 is 34.7 Å². The van der Waals surface area contributed by atoms with Gasteiger partial charge in [-0.05, 0) is 32.8 Å². The fraction of sp³-hybridized carbons (Fsp3) is 0.565. The fourth-order valence-electron chi connectivity index (χ4n) is 2.77. The zero-order valence-corrected chi connectivity index (χ0v) is 20.3. The van der Waals surface area contributed by atoms with E-state index in [0.717, 1.165) is 17.3 Å². The van der Waals surface area contributed by atoms with Crippen molar-refractivity contribution in [1.82, 2.24) is 10.6 Å². The van der Waals surface area contributed by atoms with Crippen molar-refractivity contribution < 1.29 is 28.7 Å². The van der Waals surface area contributed by atoms with Crippen molar-refractivity contribution in [2.45, 2.75) is 70.9 Å². The molecular formula is C23H34N2O6S. The van der Waals surface area contributed by atoms with Gasteiger partial charge in [0, 0.05) is 6.92 Å². The maximum atomic E-state index is 12.9. The van der Waals surface area contributed by atoms with Crippen LogP contribution in [0.5, 0.6) is 0 Å². The third-order valence-electron chi connectivity index (χ3n) is 4.43. The number of amides is 2. The Hall–Kier alpha value is -2.39. The normalized spacial score (nSPS) is 13.0. The summed E-state index contributed by atoms with van der Waals surface area (Å²) >= 11 is 0.942. The van der Waals surface area contributed by atoms with Crippen LogP contribution < -0.4 is 10.6 Å². The van der Waals surface area contributed by atoms with E-state index in [2.05, 4.69) is 10.6 Å². The van der Waals surface area contributed by atoms with Gasteiger partial charge < -0.3 is 20.1 Å². The van der Waals surface area contributed by atoms with Crippen LogP contribution >= 0.6 is 11.8 Å². The molecule has 0 aliphatic carbocycles. The summed E-state index contributed by atoms with van der Waals surface area (Å²) in [4.78, 5) is 49.3. The minimum absolute atomic E-state index is 0.0812. The molecule has 0 aromatic heterocycles. The predicted octanol–water partition coefficient (Wildman–Crippen LogP) is 2.59. The molecule has 1 aromatic carbocycles. The van der Waals surface area contributed by atoms with Gasteiger partial charge >= 0.3 is 5.97 Å². The number of benzene rings is 1. The Morgan fingerprint density at radius 3 is 2.31 bits per heavy atom. The largest absolute Gasteiger partial charge is 0.464 e. The van der Waals surface area contributed by atoms with Crippen LogP contribution in [0.4, 0.5) is 0 Å². The Balaban J connectivity index is 2.78. The van der Waals surface area contributed by atoms with Gasteiger partial charge in [-0.25, -0.2) is 4.79 Å². The number of hydrogen-bond donors (Lipinski definition) is 2. The number of carbonyl (C=O) groups excluding carboxylic acids is 4. The minimum atomic E-state index is -1.31. The number of ether oxygens (including phenoxy) is 2. The molecule has 2 amide bonds. The van der Waals surface area contributed by atoms with Gasteiger partial charge in [-0.1, -0.05) is 55.4 Å². The van der Waals surface area contributed by atoms with Gasteiger partial charge in [-0.3, -0.25) is 14.4 Å². The first-order valence-corrected chi connectivity index (χ1v) is 11.6. The van der Waals surface area contributed by atoms with Crippen molar-refractivity contribution in [3.8, 4) is 0 Å². The summed E-state index contributed by atoms with van der Waals surface area (Å²) in [6.45, 7) is 8.41. The Bertz CT molecular complexity index is 769. The van der Waals surface area contributed by atoms with Crippen molar-refractivity contribution in [3.63, 3.8) is 0 Å². The predicted molar refractivity (Wildman–Crippen MR) is 124 cm³/mol. The van der Waals surface area contributed by atoms with Crippen LogP contribution in [0, 0.1) is 0 Å². The summed E-state index contributed by atoms with van der Waals surface area (Å²) in [7, 11) is 0. The van der Waals surface area contributed by atoms with Crippen LogP contribution in [-0.4, -0.2) is 52.9 Å². The van der Waals surface area contributed by atoms with Gasteiger partial charge in [-0.2, -0.15) is 0 Å². The van der Waals surface area contributed by atoms with Crippen LogP contribution in [0.1, 0.15) is 53.0 Å². The van der Waals surface area contributed by atoms with Crippen molar-refractivity contribution in [2.24, 2.45) is 0 Å². The molecule has 1 rings (SSSR count). The number of thioether (sulfide) groups is 1. The molecule has 0 radical (unpaired) electrons. The molecule has 1 unspecified atom stereocenters. The molecule has 32 heavy (non-hydrogen) atoms. The highest BCUT2D eigenvalue weighted by Gasteiger charge is 2.35. The summed E-state index contributed by atoms with van der Waals surface area (Å²) in [6, 6.07) is 8.40. The molecule has 0 aliphatic rings. The molecule has 0 fully saturated rings. The average Bonchev–Trinajstić information content (AvgIpc) is 2.72. The molecule has 0 spiro atoms. The molecule has 2 atom stereocenters. The summed E-state index contributed by atoms with van der Waals surface area (Å²) in [5, 5.41) is 4.55. The first kappa shape index (κ1) is 27.6. The zero-order valence-electron chi connectivity index (χ0n) is 19.4. The number of carbonyl (C=O) groups is 4. The van der Waals surface area contributed by atoms with E-state index in [0.29, 0.717) is 12.8 Å². The second-order valence-corrected chi connectivity index (χ2v) is 9.16. The molecule has 0 aliphatic heterocycles. The number of hydrogen-bond acceptors (Lipinski definition) is 7. The number of rotatable bonds is 13. The highest BCUT2D eigenvalue weighted by atomic mass is 32.2. The van der Waals surface area contributed by atoms with E-state index >= 15 is 0 Å². The molecule has 0 saturated carbocycles. The van der Waals surface area contributed by atoms with Gasteiger partial charge in [-0.15, -0.1) is 0 Å². The molecule has 178 valence electrons. The van der Waals surface area contributed by atoms with E-state index in [-0.39, 0.29) is 24.9 Å². The Kier molecular flexibility index (Phi) is 12.0. The highest BCUT2D eigenvalue weighted by Crippen LogP contribution is 2.19. The monoisotopic (exact) mass is 466 g/mol. The second kappa shape index (κ2) is 13.9. The van der Waals surface area contributed by atoms with Crippen LogP contribution in [-0.2, 0) is 35.3 Å². The van der Waals surface area contributed by atoms with Crippen LogP contribution in [0.2, 0.25) is 0 Å². The lowest BCUT2D eigenvalue weighted by atomic mass is 10.0. The van der Waals surface area contributed by atoms with Crippen molar-refractivity contribution in [1.29, 1.82) is 0 Å². The molecule has 2 N–H and O–H groups in total. The van der Waals surface area contributed by atoms with E-state index in [1.165, 1.54) is 20.8 Å². The molecular weight excluding hydrogens is 432 g/mol. The summed E-state index contributed by atoms with van der Waals surface area (Å²) in [6.07, 6.45) is 1.22. The first-order chi connectivity index (χ1) is 15.1. The van der Waals surface area contributed by atoms with Crippen LogP contribution in [0.15, 0.2) is 30.3 Å². The van der Waals surface area contributed by atoms with E-state index in [1.807, 2.05) is 37.3 Å². The van der Waals surface area contributed by atoms with E-state index < -0.39 is 34.6 Å². The van der Waals surface area contributed by atoms with Gasteiger partial charge in [0.15, 0.2) is 11.2 Å². The van der Waals surface area contributed by atoms with Gasteiger partial charge in [0.05, 0.1) is 25.1 Å². The molecule has 0 heterocycles. The molecule has 8 nitrogen and oxygen atoms in total. The Morgan fingerprint density at radius 1 is 1.09 bits per heavy atom. The Morgan fingerprint density at radius 2 is 1.75 bits per heavy atom. The molecule has 1 aromatic rings. The van der Waals surface area contributed by atoms with Crippen LogP contribution in [0.3, 0.4) is 0 Å². The quantitative estimate of drug-likeness (QED) is 0.430. The molecule has 9 heteroatoms. The second-order valence-electron chi connectivity index (χ2n) is 7.78. The fourth-order valence-corrected chi connectivity index (χ4v) is 3.69. The first-order valence-electron chi connectivity index (χ1n) is 10.7. The van der Waals surface area contributed by atoms with Gasteiger partial charge in [0.25, 0.3) is 0 Å². The van der Waals surface area contributed by atoms with Crippen LogP contribution in [0.25, 0.3) is 0 Å². The van der Waals surface area contributed by atoms with Gasteiger partial charge in [0.1, 0.15) is 5.54 Å². The lowest BCUT2D eigenvalue weighted by molar-refractivity contribution is -0.150.